The zero-order chi connectivity index (χ0) is 12.4. The van der Waals surface area contributed by atoms with Crippen LogP contribution in [0.25, 0.3) is 0 Å². The van der Waals surface area contributed by atoms with Gasteiger partial charge in [0.05, 0.1) is 0 Å². The van der Waals surface area contributed by atoms with E-state index in [0.29, 0.717) is 0 Å². The summed E-state index contributed by atoms with van der Waals surface area (Å²) in [4.78, 5) is 40.1. The number of hydrogen-bond donors (Lipinski definition) is 3. The first kappa shape index (κ1) is 25.8. The van der Waals surface area contributed by atoms with Gasteiger partial charge in [0.2, 0.25) is 0 Å². The third-order valence-corrected chi connectivity index (χ3v) is 1.06. The molecule has 0 fully saturated rings. The average Bonchev–Trinajstić information content (AvgIpc) is 1.79. The molecule has 0 aliphatic rings. The van der Waals surface area contributed by atoms with Crippen LogP contribution in [0.1, 0.15) is 0 Å². The van der Waals surface area contributed by atoms with Crippen molar-refractivity contribution in [3.63, 3.8) is 0 Å². The summed E-state index contributed by atoms with van der Waals surface area (Å²) < 4.78 is 8.88. The first-order valence-corrected chi connectivity index (χ1v) is 10.1. The molecule has 0 atom stereocenters. The summed E-state index contributed by atoms with van der Waals surface area (Å²) in [5.41, 5.74) is -3.72. The van der Waals surface area contributed by atoms with Crippen molar-refractivity contribution in [1.29, 1.82) is 0 Å². The van der Waals surface area contributed by atoms with Crippen LogP contribution in [-0.4, -0.2) is 14.7 Å². The number of allylic oxidation sites excluding steroid dienone is 1. The molecular formula is C3H8O6P2S2Zn2. The summed E-state index contributed by atoms with van der Waals surface area (Å²) in [7, 11) is -4.64. The summed E-state index contributed by atoms with van der Waals surface area (Å²) in [5.74, 6) is 0. The van der Waals surface area contributed by atoms with Crippen LogP contribution in [0.2, 0.25) is 5.02 Å². The van der Waals surface area contributed by atoms with E-state index >= 15 is 0 Å². The zero-order valence-electron chi connectivity index (χ0n) is 7.68. The second kappa shape index (κ2) is 14.1. The Bertz CT molecular complexity index is 190. The number of rotatable bonds is 1. The molecule has 0 bridgehead atoms. The van der Waals surface area contributed by atoms with Crippen molar-refractivity contribution in [2.75, 3.05) is 0 Å². The summed E-state index contributed by atoms with van der Waals surface area (Å²) in [5, 5.41) is 1.21. The van der Waals surface area contributed by atoms with Gasteiger partial charge in [-0.1, -0.05) is 0 Å². The van der Waals surface area contributed by atoms with Gasteiger partial charge in [-0.05, 0) is 0 Å². The molecule has 12 heteroatoms. The molecule has 0 saturated carbocycles. The molecule has 0 saturated heterocycles. The van der Waals surface area contributed by atoms with E-state index in [9.17, 15) is 9.79 Å². The molecule has 0 spiro atoms. The molecule has 0 aromatic carbocycles. The van der Waals surface area contributed by atoms with E-state index in [1.54, 1.807) is 0 Å². The molecule has 3 N–H and O–H groups in total. The Kier molecular flexibility index (Phi) is 24.2. The molecule has 82 valence electrons. The van der Waals surface area contributed by atoms with Gasteiger partial charge in [0, 0.05) is 0 Å². The Labute approximate surface area is 121 Å². The van der Waals surface area contributed by atoms with Crippen molar-refractivity contribution < 1.29 is 66.8 Å². The molecule has 0 aliphatic heterocycles. The van der Waals surface area contributed by atoms with Crippen LogP contribution in [0.5, 0.6) is 0 Å². The van der Waals surface area contributed by atoms with Gasteiger partial charge < -0.3 is 42.4 Å². The topological polar surface area (TPSA) is 124 Å². The molecular weight excluding hydrogens is 389 g/mol. The van der Waals surface area contributed by atoms with E-state index in [-0.39, 0.29) is 19.5 Å². The first-order valence-electron chi connectivity index (χ1n) is 2.83. The fourth-order valence-electron chi connectivity index (χ4n) is 0. The molecule has 0 aromatic heterocycles. The Morgan fingerprint density at radius 1 is 1.47 bits per heavy atom. The van der Waals surface area contributed by atoms with E-state index in [1.807, 2.05) is 6.08 Å². The first-order chi connectivity index (χ1) is 5.91. The number of hydrogen-bond acceptors (Lipinski definition) is 5. The maximum atomic E-state index is 9.29. The summed E-state index contributed by atoms with van der Waals surface area (Å²) in [6.07, 6.45) is 1.93. The third kappa shape index (κ3) is 346. The molecule has 0 rings (SSSR count). The molecule has 6 nitrogen and oxygen atoms in total. The molecule has 0 radical (unpaired) electrons. The average molecular weight is 397 g/mol. The second-order valence-electron chi connectivity index (χ2n) is 1.54. The zero-order valence-corrected chi connectivity index (χ0v) is 17.0. The van der Waals surface area contributed by atoms with E-state index in [4.69, 9.17) is 19.2 Å². The Morgan fingerprint density at radius 2 is 1.53 bits per heavy atom. The quantitative estimate of drug-likeness (QED) is 0.216. The van der Waals surface area contributed by atoms with Crippen molar-refractivity contribution >= 4 is 37.6 Å². The summed E-state index contributed by atoms with van der Waals surface area (Å²) in [6.45, 7) is 3.51. The van der Waals surface area contributed by atoms with E-state index < -0.39 is 13.5 Å². The van der Waals surface area contributed by atoms with Gasteiger partial charge in [-0.15, -0.1) is 0 Å². The fourth-order valence-corrected chi connectivity index (χ4v) is 0. The molecule has 15 heavy (non-hydrogen) atoms. The largest absolute Gasteiger partial charge is 2.00 e. The minimum absolute atomic E-state index is 0. The Morgan fingerprint density at radius 3 is 1.53 bits per heavy atom. The standard InChI is InChI=1S/C3H5.H3O4P.H3O2PS2.2Zn/c1-3-2;1-5(2,3)4;1-3(2,4)5;;/h3H,1-2H2;(H3,1,2,3,4);(H3,1,2,4,5);;/q;;;+1;+2/p-3. The normalized spacial score (nSPS) is 9.60. The number of phosphoric acid groups is 1. The van der Waals surface area contributed by atoms with Crippen LogP contribution in [0, 0.1) is 0 Å². The van der Waals surface area contributed by atoms with Crippen LogP contribution >= 0.6 is 13.5 Å². The van der Waals surface area contributed by atoms with Gasteiger partial charge in [0.25, 0.3) is 0 Å². The minimum Gasteiger partial charge on any atom is -0.850 e. The van der Waals surface area contributed by atoms with Crippen molar-refractivity contribution in [3.05, 3.63) is 12.7 Å². The van der Waals surface area contributed by atoms with Crippen molar-refractivity contribution in [2.45, 2.75) is 5.02 Å². The summed E-state index contributed by atoms with van der Waals surface area (Å²) >= 11 is 8.63. The third-order valence-electron chi connectivity index (χ3n) is 0.204. The predicted octanol–water partition coefficient (Wildman–Crippen LogP) is -1.32. The summed E-state index contributed by atoms with van der Waals surface area (Å²) in [6, 6.07) is 0. The van der Waals surface area contributed by atoms with E-state index in [2.05, 4.69) is 30.6 Å². The maximum absolute atomic E-state index is 9.29. The Balaban J connectivity index is -0.0000000590. The van der Waals surface area contributed by atoms with Crippen LogP contribution < -0.4 is 9.79 Å². The smallest absolute Gasteiger partial charge is 0.850 e. The second-order valence-corrected chi connectivity index (χ2v) is 8.25. The van der Waals surface area contributed by atoms with Gasteiger partial charge in [-0.25, -0.2) is 4.57 Å². The molecule has 0 unspecified atom stereocenters. The van der Waals surface area contributed by atoms with Crippen molar-refractivity contribution in [3.8, 4) is 0 Å². The maximum Gasteiger partial charge on any atom is 2.00 e. The molecule has 0 heterocycles. The van der Waals surface area contributed by atoms with Gasteiger partial charge in [0.1, 0.15) is 0 Å². The molecule has 0 aromatic rings. The molecule has 0 aliphatic carbocycles. The van der Waals surface area contributed by atoms with Crippen LogP contribution in [0.3, 0.4) is 0 Å². The molecule has 0 amide bonds. The van der Waals surface area contributed by atoms with Crippen LogP contribution in [-0.2, 0) is 66.4 Å². The monoisotopic (exact) mass is 394 g/mol. The van der Waals surface area contributed by atoms with Gasteiger partial charge in [-0.3, -0.25) is 0 Å². The predicted molar refractivity (Wildman–Crippen MR) is 50.9 cm³/mol. The fraction of sp³-hybridized carbons (Fsp3) is 0.333. The van der Waals surface area contributed by atoms with Crippen molar-refractivity contribution in [2.24, 2.45) is 0 Å². The van der Waals surface area contributed by atoms with Gasteiger partial charge in [-0.2, -0.15) is 11.8 Å². The van der Waals surface area contributed by atoms with Crippen LogP contribution in [0.15, 0.2) is 12.7 Å². The van der Waals surface area contributed by atoms with Gasteiger partial charge >= 0.3 is 63.3 Å². The minimum atomic E-state index is -4.64. The van der Waals surface area contributed by atoms with E-state index in [1.165, 1.54) is 23.3 Å². The van der Waals surface area contributed by atoms with Crippen molar-refractivity contribution in [1.82, 2.24) is 0 Å². The SMILES string of the molecule is C=C[CH2][Zn+].O=P(O)(O)O.[O-]P([O-])(=S)[S-].[Zn+2]. The van der Waals surface area contributed by atoms with Crippen LogP contribution in [0.4, 0.5) is 0 Å². The van der Waals surface area contributed by atoms with E-state index in [0.717, 1.165) is 0 Å². The Hall–Kier alpha value is 2.02. The van der Waals surface area contributed by atoms with Gasteiger partial charge in [0.15, 0.2) is 0 Å².